The van der Waals surface area contributed by atoms with Gasteiger partial charge in [-0.1, -0.05) is 43.6 Å². The molecule has 4 aliphatic rings. The van der Waals surface area contributed by atoms with Crippen molar-refractivity contribution < 1.29 is 23.3 Å². The quantitative estimate of drug-likeness (QED) is 0.528. The summed E-state index contributed by atoms with van der Waals surface area (Å²) in [7, 11) is -0.528. The molecule has 1 unspecified atom stereocenters. The van der Waals surface area contributed by atoms with E-state index in [0.717, 1.165) is 12.8 Å². The van der Waals surface area contributed by atoms with Crippen LogP contribution in [0.15, 0.2) is 22.7 Å². The summed E-state index contributed by atoms with van der Waals surface area (Å²) in [5.41, 5.74) is -0.223. The number of hydrogen-bond acceptors (Lipinski definition) is 4. The first-order valence-corrected chi connectivity index (χ1v) is 12.6. The minimum absolute atomic E-state index is 0.0324. The van der Waals surface area contributed by atoms with Crippen LogP contribution in [0, 0.1) is 29.0 Å². The summed E-state index contributed by atoms with van der Waals surface area (Å²) in [6.45, 7) is 10.7. The zero-order chi connectivity index (χ0) is 24.1. The van der Waals surface area contributed by atoms with E-state index in [1.807, 2.05) is 0 Å². The summed E-state index contributed by atoms with van der Waals surface area (Å²) in [6.07, 6.45) is 2.86. The highest BCUT2D eigenvalue weighted by molar-refractivity contribution is 9.10. The molecule has 2 amide bonds. The van der Waals surface area contributed by atoms with E-state index < -0.39 is 18.8 Å². The Balaban J connectivity index is 1.39. The molecule has 1 saturated heterocycles. The van der Waals surface area contributed by atoms with Gasteiger partial charge in [0.2, 0.25) is 5.91 Å². The van der Waals surface area contributed by atoms with Crippen molar-refractivity contribution >= 4 is 34.9 Å². The molecule has 1 aromatic carbocycles. The lowest BCUT2D eigenvalue weighted by atomic mass is 9.43. The molecule has 6 nitrogen and oxygen atoms in total. The first-order chi connectivity index (χ1) is 15.4. The second kappa shape index (κ2) is 8.97. The second-order valence-electron chi connectivity index (χ2n) is 10.9. The summed E-state index contributed by atoms with van der Waals surface area (Å²) < 4.78 is 27.5. The Labute approximate surface area is 204 Å². The highest BCUT2D eigenvalue weighted by atomic mass is 79.9. The standard InChI is InChI=1S/C24H33BBrFN2O4/c1-13(2)8-20(25-32-19-10-14-9-18(23(14,3)4)24(19,5)33-25)29-21(30)12-28-22(31)16-11-15(26)6-7-17(16)27/h6-7,11,13-14,18-20H,8-10,12H2,1-5H3,(H,28,31)(H,29,30)/t14?,18-,19+,20-,24-/m0/s1. The highest BCUT2D eigenvalue weighted by Crippen LogP contribution is 2.65. The van der Waals surface area contributed by atoms with Crippen molar-refractivity contribution in [2.45, 2.75) is 71.5 Å². The molecule has 0 spiro atoms. The third kappa shape index (κ3) is 4.60. The fraction of sp³-hybridized carbons (Fsp3) is 0.667. The normalized spacial score (nSPS) is 30.4. The molecule has 33 heavy (non-hydrogen) atoms. The molecule has 0 radical (unpaired) electrons. The van der Waals surface area contributed by atoms with Gasteiger partial charge in [0.25, 0.3) is 5.91 Å². The SMILES string of the molecule is CC(C)C[C@H](NC(=O)CNC(=O)c1cc(Br)ccc1F)B1O[C@@H]2CC3C[C@@H](C3(C)C)[C@]2(C)O1. The molecule has 5 atom stereocenters. The van der Waals surface area contributed by atoms with Crippen LogP contribution in [0.4, 0.5) is 4.39 Å². The van der Waals surface area contributed by atoms with Crippen LogP contribution in [0.3, 0.4) is 0 Å². The van der Waals surface area contributed by atoms with Gasteiger partial charge in [0.15, 0.2) is 0 Å². The van der Waals surface area contributed by atoms with Crippen LogP contribution in [0.2, 0.25) is 0 Å². The van der Waals surface area contributed by atoms with Crippen LogP contribution in [0.5, 0.6) is 0 Å². The lowest BCUT2D eigenvalue weighted by molar-refractivity contribution is -0.199. The van der Waals surface area contributed by atoms with Crippen molar-refractivity contribution in [3.05, 3.63) is 34.1 Å². The zero-order valence-electron chi connectivity index (χ0n) is 19.9. The Morgan fingerprint density at radius 3 is 2.67 bits per heavy atom. The van der Waals surface area contributed by atoms with E-state index in [-0.39, 0.29) is 41.1 Å². The smallest absolute Gasteiger partial charge is 0.404 e. The zero-order valence-corrected chi connectivity index (χ0v) is 21.5. The van der Waals surface area contributed by atoms with Crippen LogP contribution in [0.1, 0.15) is 64.2 Å². The molecule has 3 saturated carbocycles. The van der Waals surface area contributed by atoms with Gasteiger partial charge < -0.3 is 19.9 Å². The molecular weight excluding hydrogens is 490 g/mol. The van der Waals surface area contributed by atoms with Crippen LogP contribution >= 0.6 is 15.9 Å². The Hall–Kier alpha value is -1.45. The summed E-state index contributed by atoms with van der Waals surface area (Å²) in [6, 6.07) is 4.11. The van der Waals surface area contributed by atoms with E-state index in [0.29, 0.717) is 28.6 Å². The van der Waals surface area contributed by atoms with Gasteiger partial charge in [-0.3, -0.25) is 9.59 Å². The lowest BCUT2D eigenvalue weighted by Gasteiger charge is -2.64. The summed E-state index contributed by atoms with van der Waals surface area (Å²) in [5.74, 6) is -0.574. The summed E-state index contributed by atoms with van der Waals surface area (Å²) >= 11 is 3.23. The molecule has 2 bridgehead atoms. The predicted molar refractivity (Wildman–Crippen MR) is 128 cm³/mol. The molecule has 1 aliphatic heterocycles. The number of nitrogens with one attached hydrogen (secondary N) is 2. The van der Waals surface area contributed by atoms with Crippen LogP contribution in [0.25, 0.3) is 0 Å². The minimum Gasteiger partial charge on any atom is -0.404 e. The second-order valence-corrected chi connectivity index (χ2v) is 11.9. The molecule has 0 aromatic heterocycles. The summed E-state index contributed by atoms with van der Waals surface area (Å²) in [4.78, 5) is 25.1. The largest absolute Gasteiger partial charge is 0.481 e. The fourth-order valence-electron chi connectivity index (χ4n) is 6.00. The van der Waals surface area contributed by atoms with E-state index >= 15 is 0 Å². The molecule has 9 heteroatoms. The van der Waals surface area contributed by atoms with Gasteiger partial charge in [-0.25, -0.2) is 4.39 Å². The Morgan fingerprint density at radius 1 is 1.27 bits per heavy atom. The van der Waals surface area contributed by atoms with Crippen molar-refractivity contribution in [2.24, 2.45) is 23.2 Å². The molecule has 180 valence electrons. The molecular formula is C24H33BBrFN2O4. The first kappa shape index (κ1) is 24.7. The number of carbonyl (C=O) groups is 2. The van der Waals surface area contributed by atoms with Gasteiger partial charge in [-0.05, 0) is 67.6 Å². The van der Waals surface area contributed by atoms with Crippen molar-refractivity contribution in [3.63, 3.8) is 0 Å². The van der Waals surface area contributed by atoms with E-state index in [1.54, 1.807) is 0 Å². The fourth-order valence-corrected chi connectivity index (χ4v) is 6.36. The topological polar surface area (TPSA) is 76.7 Å². The van der Waals surface area contributed by atoms with Crippen molar-refractivity contribution in [1.82, 2.24) is 10.6 Å². The Kier molecular flexibility index (Phi) is 6.70. The Bertz CT molecular complexity index is 945. The van der Waals surface area contributed by atoms with Gasteiger partial charge in [-0.15, -0.1) is 0 Å². The van der Waals surface area contributed by atoms with Crippen molar-refractivity contribution in [3.8, 4) is 0 Å². The summed E-state index contributed by atoms with van der Waals surface area (Å²) in [5, 5.41) is 5.50. The lowest BCUT2D eigenvalue weighted by Crippen LogP contribution is -2.65. The maximum Gasteiger partial charge on any atom is 0.481 e. The molecule has 3 aliphatic carbocycles. The number of rotatable bonds is 7. The molecule has 1 aromatic rings. The van der Waals surface area contributed by atoms with Gasteiger partial charge in [-0.2, -0.15) is 0 Å². The maximum absolute atomic E-state index is 14.0. The van der Waals surface area contributed by atoms with E-state index in [1.165, 1.54) is 18.2 Å². The molecule has 1 heterocycles. The van der Waals surface area contributed by atoms with Crippen molar-refractivity contribution in [2.75, 3.05) is 6.54 Å². The number of benzene rings is 1. The minimum atomic E-state index is -0.640. The maximum atomic E-state index is 14.0. The number of carbonyl (C=O) groups excluding carboxylic acids is 2. The molecule has 5 rings (SSSR count). The first-order valence-electron chi connectivity index (χ1n) is 11.8. The van der Waals surface area contributed by atoms with Gasteiger partial charge in [0, 0.05) is 4.47 Å². The van der Waals surface area contributed by atoms with E-state index in [4.69, 9.17) is 9.31 Å². The van der Waals surface area contributed by atoms with Gasteiger partial charge >= 0.3 is 7.12 Å². The van der Waals surface area contributed by atoms with Crippen LogP contribution in [-0.2, 0) is 14.1 Å². The predicted octanol–water partition coefficient (Wildman–Crippen LogP) is 4.12. The number of amides is 2. The molecule has 4 fully saturated rings. The van der Waals surface area contributed by atoms with Crippen LogP contribution < -0.4 is 10.6 Å². The van der Waals surface area contributed by atoms with E-state index in [9.17, 15) is 14.0 Å². The third-order valence-corrected chi connectivity index (χ3v) is 8.44. The Morgan fingerprint density at radius 2 is 2.00 bits per heavy atom. The van der Waals surface area contributed by atoms with Gasteiger partial charge in [0.05, 0.1) is 29.8 Å². The van der Waals surface area contributed by atoms with E-state index in [2.05, 4.69) is 61.2 Å². The monoisotopic (exact) mass is 522 g/mol. The number of halogens is 2. The molecule has 2 N–H and O–H groups in total. The third-order valence-electron chi connectivity index (χ3n) is 7.95. The number of hydrogen-bond donors (Lipinski definition) is 2. The average Bonchev–Trinajstić information content (AvgIpc) is 3.10. The highest BCUT2D eigenvalue weighted by Gasteiger charge is 2.68. The van der Waals surface area contributed by atoms with Gasteiger partial charge in [0.1, 0.15) is 5.82 Å². The average molecular weight is 523 g/mol. The van der Waals surface area contributed by atoms with Crippen molar-refractivity contribution in [1.29, 1.82) is 0 Å². The van der Waals surface area contributed by atoms with Crippen LogP contribution in [-0.4, -0.2) is 43.1 Å².